The van der Waals surface area contributed by atoms with Crippen molar-refractivity contribution in [3.63, 3.8) is 0 Å². The van der Waals surface area contributed by atoms with E-state index >= 15 is 0 Å². The Morgan fingerprint density at radius 2 is 1.74 bits per heavy atom. The van der Waals surface area contributed by atoms with Crippen LogP contribution < -0.4 is 14.8 Å². The summed E-state index contributed by atoms with van der Waals surface area (Å²) in [5.74, 6) is 0.856. The van der Waals surface area contributed by atoms with Gasteiger partial charge in [0.25, 0.3) is 5.69 Å². The van der Waals surface area contributed by atoms with E-state index in [-0.39, 0.29) is 5.69 Å². The molecule has 0 saturated heterocycles. The minimum atomic E-state index is -4.81. The molecule has 2 rings (SSSR count). The van der Waals surface area contributed by atoms with E-state index in [1.807, 2.05) is 6.92 Å². The Morgan fingerprint density at radius 3 is 2.22 bits per heavy atom. The summed E-state index contributed by atoms with van der Waals surface area (Å²) >= 11 is 5.70. The third kappa shape index (κ3) is 4.36. The van der Waals surface area contributed by atoms with Gasteiger partial charge in [0.2, 0.25) is 0 Å². The van der Waals surface area contributed by atoms with Gasteiger partial charge in [0.1, 0.15) is 17.2 Å². The van der Waals surface area contributed by atoms with Gasteiger partial charge in [0.15, 0.2) is 0 Å². The van der Waals surface area contributed by atoms with Crippen LogP contribution in [0.5, 0.6) is 11.5 Å². The van der Waals surface area contributed by atoms with E-state index < -0.39 is 27.4 Å². The average Bonchev–Trinajstić information content (AvgIpc) is 2.59. The van der Waals surface area contributed by atoms with Crippen LogP contribution in [0.2, 0.25) is 5.02 Å². The Morgan fingerprint density at radius 1 is 1.11 bits per heavy atom. The number of rotatable bonds is 6. The molecule has 27 heavy (non-hydrogen) atoms. The third-order valence-corrected chi connectivity index (χ3v) is 4.15. The molecule has 1 N–H and O–H groups in total. The molecule has 2 aromatic rings. The highest BCUT2D eigenvalue weighted by Crippen LogP contribution is 2.42. The molecule has 0 radical (unpaired) electrons. The Kier molecular flexibility index (Phi) is 6.04. The summed E-state index contributed by atoms with van der Waals surface area (Å²) in [5.41, 5.74) is -1.13. The van der Waals surface area contributed by atoms with Crippen LogP contribution in [-0.4, -0.2) is 19.1 Å². The number of methoxy groups -OCH3 is 2. The summed E-state index contributed by atoms with van der Waals surface area (Å²) < 4.78 is 49.5. The molecule has 0 aromatic heterocycles. The first-order valence-corrected chi connectivity index (χ1v) is 8.07. The number of nitro groups is 1. The van der Waals surface area contributed by atoms with E-state index in [9.17, 15) is 23.3 Å². The summed E-state index contributed by atoms with van der Waals surface area (Å²) in [6.07, 6.45) is -4.22. The van der Waals surface area contributed by atoms with Crippen molar-refractivity contribution >= 4 is 28.7 Å². The lowest BCUT2D eigenvalue weighted by atomic mass is 10.1. The molecule has 0 fully saturated rings. The van der Waals surface area contributed by atoms with Crippen LogP contribution in [0.15, 0.2) is 24.3 Å². The van der Waals surface area contributed by atoms with Crippen LogP contribution in [0.25, 0.3) is 0 Å². The van der Waals surface area contributed by atoms with Crippen molar-refractivity contribution in [2.75, 3.05) is 19.5 Å². The number of hydrogen-bond acceptors (Lipinski definition) is 5. The first-order chi connectivity index (χ1) is 12.6. The molecule has 0 amide bonds. The van der Waals surface area contributed by atoms with Crippen LogP contribution in [0.3, 0.4) is 0 Å². The zero-order chi connectivity index (χ0) is 20.4. The molecular weight excluding hydrogens is 389 g/mol. The maximum atomic E-state index is 13.0. The lowest BCUT2D eigenvalue weighted by Crippen LogP contribution is -2.08. The van der Waals surface area contributed by atoms with Gasteiger partial charge in [-0.05, 0) is 24.1 Å². The number of benzene rings is 2. The highest BCUT2D eigenvalue weighted by atomic mass is 35.5. The molecule has 0 saturated carbocycles. The molecule has 0 heterocycles. The molecule has 0 atom stereocenters. The Labute approximate surface area is 158 Å². The second-order valence-electron chi connectivity index (χ2n) is 5.45. The summed E-state index contributed by atoms with van der Waals surface area (Å²) in [6.45, 7) is 1.88. The number of anilines is 2. The van der Waals surface area contributed by atoms with E-state index in [4.69, 9.17) is 21.1 Å². The summed E-state index contributed by atoms with van der Waals surface area (Å²) in [5, 5.41) is 13.4. The number of nitrogens with one attached hydrogen (secondary N) is 1. The number of ether oxygens (including phenoxy) is 2. The summed E-state index contributed by atoms with van der Waals surface area (Å²) in [4.78, 5) is 10.4. The average molecular weight is 405 g/mol. The summed E-state index contributed by atoms with van der Waals surface area (Å²) in [6, 6.07) is 4.50. The number of halogens is 4. The van der Waals surface area contributed by atoms with Crippen molar-refractivity contribution in [1.29, 1.82) is 0 Å². The van der Waals surface area contributed by atoms with Crippen LogP contribution in [-0.2, 0) is 12.6 Å². The quantitative estimate of drug-likeness (QED) is 0.501. The lowest BCUT2D eigenvalue weighted by Gasteiger charge is -2.17. The molecule has 6 nitrogen and oxygen atoms in total. The standard InChI is InChI=1S/C17H16ClF3N2O4/c1-4-9-5-13(16(27-3)8-15(9)26-2)22-12-7-11(18)10(17(19,20)21)6-14(12)23(24)25/h5-8,22H,4H2,1-3H3. The Bertz CT molecular complexity index is 872. The molecule has 0 aliphatic heterocycles. The smallest absolute Gasteiger partial charge is 0.418 e. The van der Waals surface area contributed by atoms with E-state index in [2.05, 4.69) is 5.32 Å². The maximum Gasteiger partial charge on any atom is 0.418 e. The molecular formula is C17H16ClF3N2O4. The van der Waals surface area contributed by atoms with Crippen molar-refractivity contribution in [3.8, 4) is 11.5 Å². The van der Waals surface area contributed by atoms with Gasteiger partial charge >= 0.3 is 6.18 Å². The van der Waals surface area contributed by atoms with Crippen molar-refractivity contribution in [2.45, 2.75) is 19.5 Å². The number of hydrogen-bond donors (Lipinski definition) is 1. The molecule has 146 valence electrons. The van der Waals surface area contributed by atoms with Gasteiger partial charge in [0, 0.05) is 12.1 Å². The first-order valence-electron chi connectivity index (χ1n) is 7.69. The zero-order valence-corrected chi connectivity index (χ0v) is 15.4. The first kappa shape index (κ1) is 20.6. The predicted octanol–water partition coefficient (Wildman–Crippen LogP) is 5.59. The van der Waals surface area contributed by atoms with E-state index in [1.165, 1.54) is 14.2 Å². The van der Waals surface area contributed by atoms with Gasteiger partial charge in [-0.2, -0.15) is 13.2 Å². The molecule has 0 unspecified atom stereocenters. The minimum absolute atomic E-state index is 0.191. The zero-order valence-electron chi connectivity index (χ0n) is 14.6. The van der Waals surface area contributed by atoms with Crippen LogP contribution in [0.4, 0.5) is 30.2 Å². The number of nitro benzene ring substituents is 1. The largest absolute Gasteiger partial charge is 0.496 e. The number of nitrogens with zero attached hydrogens (tertiary/aromatic N) is 1. The third-order valence-electron chi connectivity index (χ3n) is 3.84. The SMILES string of the molecule is CCc1cc(Nc2cc(Cl)c(C(F)(F)F)cc2[N+](=O)[O-])c(OC)cc1OC. The minimum Gasteiger partial charge on any atom is -0.496 e. The fourth-order valence-electron chi connectivity index (χ4n) is 2.51. The fraction of sp³-hybridized carbons (Fsp3) is 0.294. The second kappa shape index (κ2) is 7.91. The number of alkyl halides is 3. The monoisotopic (exact) mass is 404 g/mol. The normalized spacial score (nSPS) is 11.2. The highest BCUT2D eigenvalue weighted by Gasteiger charge is 2.36. The van der Waals surface area contributed by atoms with Gasteiger partial charge in [-0.3, -0.25) is 10.1 Å². The van der Waals surface area contributed by atoms with Crippen LogP contribution in [0.1, 0.15) is 18.1 Å². The van der Waals surface area contributed by atoms with Crippen LogP contribution >= 0.6 is 11.6 Å². The molecule has 0 aliphatic carbocycles. The van der Waals surface area contributed by atoms with Gasteiger partial charge in [-0.15, -0.1) is 0 Å². The van der Waals surface area contributed by atoms with E-state index in [0.717, 1.165) is 11.6 Å². The van der Waals surface area contributed by atoms with Crippen molar-refractivity contribution < 1.29 is 27.6 Å². The highest BCUT2D eigenvalue weighted by molar-refractivity contribution is 6.32. The van der Waals surface area contributed by atoms with E-state index in [1.54, 1.807) is 12.1 Å². The van der Waals surface area contributed by atoms with Crippen molar-refractivity contribution in [2.24, 2.45) is 0 Å². The maximum absolute atomic E-state index is 13.0. The van der Waals surface area contributed by atoms with E-state index in [0.29, 0.717) is 29.7 Å². The predicted molar refractivity (Wildman–Crippen MR) is 95.3 cm³/mol. The van der Waals surface area contributed by atoms with Gasteiger partial charge < -0.3 is 14.8 Å². The molecule has 2 aromatic carbocycles. The number of aryl methyl sites for hydroxylation is 1. The van der Waals surface area contributed by atoms with Gasteiger partial charge in [-0.1, -0.05) is 18.5 Å². The molecule has 0 aliphatic rings. The Hall–Kier alpha value is -2.68. The second-order valence-corrected chi connectivity index (χ2v) is 5.85. The van der Waals surface area contributed by atoms with Crippen molar-refractivity contribution in [1.82, 2.24) is 0 Å². The molecule has 10 heteroatoms. The fourth-order valence-corrected chi connectivity index (χ4v) is 2.79. The van der Waals surface area contributed by atoms with Crippen molar-refractivity contribution in [3.05, 3.63) is 50.5 Å². The van der Waals surface area contributed by atoms with Crippen LogP contribution in [0, 0.1) is 10.1 Å². The molecule has 0 spiro atoms. The molecule has 0 bridgehead atoms. The topological polar surface area (TPSA) is 73.6 Å². The van der Waals surface area contributed by atoms with Gasteiger partial charge in [-0.25, -0.2) is 0 Å². The summed E-state index contributed by atoms with van der Waals surface area (Å²) in [7, 11) is 2.88. The van der Waals surface area contributed by atoms with Gasteiger partial charge in [0.05, 0.1) is 35.4 Å². The lowest BCUT2D eigenvalue weighted by molar-refractivity contribution is -0.384. The Balaban J connectivity index is 2.60.